The van der Waals surface area contributed by atoms with Crippen molar-refractivity contribution in [3.05, 3.63) is 58.1 Å². The lowest BCUT2D eigenvalue weighted by Crippen LogP contribution is -2.13. The van der Waals surface area contributed by atoms with E-state index in [4.69, 9.17) is 11.6 Å². The minimum atomic E-state index is -0.270. The van der Waals surface area contributed by atoms with Crippen LogP contribution in [0.15, 0.2) is 36.4 Å². The first-order valence-electron chi connectivity index (χ1n) is 5.85. The van der Waals surface area contributed by atoms with E-state index >= 15 is 0 Å². The number of aryl methyl sites for hydroxylation is 1. The van der Waals surface area contributed by atoms with Crippen LogP contribution in [0.2, 0.25) is 5.02 Å². The van der Waals surface area contributed by atoms with Crippen LogP contribution >= 0.6 is 11.6 Å². The standard InChI is InChI=1S/C15H14ClNO2/c1-9-6-7-11(8-13(9)16)17-15(19)12-4-3-5-14(18)10(12)2/h3-8,18H,1-2H3,(H,17,19). The highest BCUT2D eigenvalue weighted by molar-refractivity contribution is 6.31. The Bertz CT molecular complexity index is 638. The van der Waals surface area contributed by atoms with Crippen molar-refractivity contribution in [1.29, 1.82) is 0 Å². The largest absolute Gasteiger partial charge is 0.508 e. The minimum absolute atomic E-state index is 0.106. The fourth-order valence-corrected chi connectivity index (χ4v) is 1.92. The molecule has 4 heteroatoms. The Labute approximate surface area is 116 Å². The minimum Gasteiger partial charge on any atom is -0.508 e. The van der Waals surface area contributed by atoms with Crippen molar-refractivity contribution >= 4 is 23.2 Å². The highest BCUT2D eigenvalue weighted by atomic mass is 35.5. The van der Waals surface area contributed by atoms with Crippen molar-refractivity contribution in [1.82, 2.24) is 0 Å². The molecule has 2 aromatic carbocycles. The third-order valence-electron chi connectivity index (χ3n) is 2.98. The Kier molecular flexibility index (Phi) is 3.76. The molecule has 0 aliphatic rings. The van der Waals surface area contributed by atoms with Gasteiger partial charge in [0.1, 0.15) is 5.75 Å². The van der Waals surface area contributed by atoms with Crippen molar-refractivity contribution in [2.75, 3.05) is 5.32 Å². The molecule has 2 rings (SSSR count). The average Bonchev–Trinajstić information content (AvgIpc) is 2.37. The van der Waals surface area contributed by atoms with E-state index in [0.29, 0.717) is 21.8 Å². The van der Waals surface area contributed by atoms with Crippen molar-refractivity contribution in [2.24, 2.45) is 0 Å². The van der Waals surface area contributed by atoms with Gasteiger partial charge in [0.25, 0.3) is 5.91 Å². The molecular weight excluding hydrogens is 262 g/mol. The monoisotopic (exact) mass is 275 g/mol. The van der Waals surface area contributed by atoms with Gasteiger partial charge in [-0.15, -0.1) is 0 Å². The summed E-state index contributed by atoms with van der Waals surface area (Å²) in [6.07, 6.45) is 0. The Balaban J connectivity index is 2.26. The van der Waals surface area contributed by atoms with Crippen LogP contribution in [0.25, 0.3) is 0 Å². The van der Waals surface area contributed by atoms with Gasteiger partial charge in [0, 0.05) is 21.8 Å². The third kappa shape index (κ3) is 2.88. The zero-order chi connectivity index (χ0) is 14.0. The average molecular weight is 276 g/mol. The van der Waals surface area contributed by atoms with Crippen molar-refractivity contribution in [3.8, 4) is 5.75 Å². The molecule has 0 saturated carbocycles. The first kappa shape index (κ1) is 13.4. The van der Waals surface area contributed by atoms with Gasteiger partial charge < -0.3 is 10.4 Å². The van der Waals surface area contributed by atoms with Crippen molar-refractivity contribution in [3.63, 3.8) is 0 Å². The normalized spacial score (nSPS) is 10.3. The molecule has 0 bridgehead atoms. The number of halogens is 1. The number of aromatic hydroxyl groups is 1. The van der Waals surface area contributed by atoms with Gasteiger partial charge in [-0.05, 0) is 43.7 Å². The van der Waals surface area contributed by atoms with E-state index < -0.39 is 0 Å². The molecule has 1 amide bonds. The van der Waals surface area contributed by atoms with Gasteiger partial charge in [-0.1, -0.05) is 23.7 Å². The van der Waals surface area contributed by atoms with Crippen LogP contribution in [0, 0.1) is 13.8 Å². The molecule has 98 valence electrons. The Morgan fingerprint density at radius 2 is 1.95 bits per heavy atom. The van der Waals surface area contributed by atoms with E-state index in [1.54, 1.807) is 37.3 Å². The van der Waals surface area contributed by atoms with Crippen molar-refractivity contribution in [2.45, 2.75) is 13.8 Å². The predicted molar refractivity (Wildman–Crippen MR) is 77.0 cm³/mol. The molecule has 0 aliphatic carbocycles. The Morgan fingerprint density at radius 3 is 2.63 bits per heavy atom. The van der Waals surface area contributed by atoms with E-state index in [-0.39, 0.29) is 11.7 Å². The van der Waals surface area contributed by atoms with Gasteiger partial charge >= 0.3 is 0 Å². The Hall–Kier alpha value is -2.00. The number of phenolic OH excluding ortho intramolecular Hbond substituents is 1. The van der Waals surface area contributed by atoms with Crippen LogP contribution in [0.3, 0.4) is 0 Å². The van der Waals surface area contributed by atoms with Crippen LogP contribution in [0.5, 0.6) is 5.75 Å². The molecule has 0 aliphatic heterocycles. The first-order valence-corrected chi connectivity index (χ1v) is 6.23. The van der Waals surface area contributed by atoms with Crippen LogP contribution in [-0.2, 0) is 0 Å². The van der Waals surface area contributed by atoms with Gasteiger partial charge in [0.15, 0.2) is 0 Å². The van der Waals surface area contributed by atoms with E-state index in [1.165, 1.54) is 0 Å². The van der Waals surface area contributed by atoms with Crippen LogP contribution in [-0.4, -0.2) is 11.0 Å². The number of anilines is 1. The lowest BCUT2D eigenvalue weighted by Gasteiger charge is -2.09. The maximum Gasteiger partial charge on any atom is 0.256 e. The number of amides is 1. The van der Waals surface area contributed by atoms with E-state index in [0.717, 1.165) is 5.56 Å². The van der Waals surface area contributed by atoms with E-state index in [1.807, 2.05) is 13.0 Å². The number of hydrogen-bond acceptors (Lipinski definition) is 2. The highest BCUT2D eigenvalue weighted by Gasteiger charge is 2.11. The zero-order valence-electron chi connectivity index (χ0n) is 10.7. The maximum absolute atomic E-state index is 12.1. The molecular formula is C15H14ClNO2. The number of carbonyl (C=O) groups excluding carboxylic acids is 1. The SMILES string of the molecule is Cc1ccc(NC(=O)c2cccc(O)c2C)cc1Cl. The quantitative estimate of drug-likeness (QED) is 0.873. The third-order valence-corrected chi connectivity index (χ3v) is 3.39. The smallest absolute Gasteiger partial charge is 0.256 e. The summed E-state index contributed by atoms with van der Waals surface area (Å²) >= 11 is 6.01. The summed E-state index contributed by atoms with van der Waals surface area (Å²) in [6.45, 7) is 3.60. The van der Waals surface area contributed by atoms with Crippen LogP contribution < -0.4 is 5.32 Å². The molecule has 19 heavy (non-hydrogen) atoms. The van der Waals surface area contributed by atoms with Crippen LogP contribution in [0.4, 0.5) is 5.69 Å². The lowest BCUT2D eigenvalue weighted by atomic mass is 10.1. The number of hydrogen-bond donors (Lipinski definition) is 2. The molecule has 0 unspecified atom stereocenters. The highest BCUT2D eigenvalue weighted by Crippen LogP contribution is 2.23. The number of nitrogens with one attached hydrogen (secondary N) is 1. The lowest BCUT2D eigenvalue weighted by molar-refractivity contribution is 0.102. The summed E-state index contributed by atoms with van der Waals surface area (Å²) in [6, 6.07) is 10.2. The first-order chi connectivity index (χ1) is 8.99. The molecule has 0 fully saturated rings. The summed E-state index contributed by atoms with van der Waals surface area (Å²) in [7, 11) is 0. The van der Waals surface area contributed by atoms with Gasteiger partial charge in [-0.3, -0.25) is 4.79 Å². The molecule has 2 N–H and O–H groups in total. The van der Waals surface area contributed by atoms with Gasteiger partial charge in [-0.25, -0.2) is 0 Å². The van der Waals surface area contributed by atoms with Crippen LogP contribution in [0.1, 0.15) is 21.5 Å². The fourth-order valence-electron chi connectivity index (χ4n) is 1.74. The second-order valence-electron chi connectivity index (χ2n) is 4.37. The molecule has 0 saturated heterocycles. The molecule has 0 atom stereocenters. The summed E-state index contributed by atoms with van der Waals surface area (Å²) in [4.78, 5) is 12.1. The maximum atomic E-state index is 12.1. The Morgan fingerprint density at radius 1 is 1.21 bits per heavy atom. The second kappa shape index (κ2) is 5.33. The summed E-state index contributed by atoms with van der Waals surface area (Å²) in [5.74, 6) is -0.164. The number of phenols is 1. The predicted octanol–water partition coefficient (Wildman–Crippen LogP) is 3.91. The zero-order valence-corrected chi connectivity index (χ0v) is 11.5. The van der Waals surface area contributed by atoms with E-state index in [9.17, 15) is 9.90 Å². The molecule has 0 radical (unpaired) electrons. The van der Waals surface area contributed by atoms with Gasteiger partial charge in [-0.2, -0.15) is 0 Å². The fraction of sp³-hybridized carbons (Fsp3) is 0.133. The number of benzene rings is 2. The van der Waals surface area contributed by atoms with Gasteiger partial charge in [0.2, 0.25) is 0 Å². The topological polar surface area (TPSA) is 49.3 Å². The molecule has 3 nitrogen and oxygen atoms in total. The van der Waals surface area contributed by atoms with Gasteiger partial charge in [0.05, 0.1) is 0 Å². The molecule has 2 aromatic rings. The molecule has 0 aromatic heterocycles. The number of rotatable bonds is 2. The van der Waals surface area contributed by atoms with E-state index in [2.05, 4.69) is 5.32 Å². The molecule has 0 spiro atoms. The number of carbonyl (C=O) groups is 1. The molecule has 0 heterocycles. The van der Waals surface area contributed by atoms with Crippen molar-refractivity contribution < 1.29 is 9.90 Å². The summed E-state index contributed by atoms with van der Waals surface area (Å²) < 4.78 is 0. The summed E-state index contributed by atoms with van der Waals surface area (Å²) in [5, 5.41) is 13.0. The second-order valence-corrected chi connectivity index (χ2v) is 4.77. The summed E-state index contributed by atoms with van der Waals surface area (Å²) in [5.41, 5.74) is 2.58.